The highest BCUT2D eigenvalue weighted by Gasteiger charge is 2.32. The van der Waals surface area contributed by atoms with Gasteiger partial charge in [0.15, 0.2) is 0 Å². The van der Waals surface area contributed by atoms with Crippen LogP contribution in [0.5, 0.6) is 0 Å². The van der Waals surface area contributed by atoms with Crippen molar-refractivity contribution in [3.05, 3.63) is 83.4 Å². The molecule has 0 N–H and O–H groups in total. The summed E-state index contributed by atoms with van der Waals surface area (Å²) in [5, 5.41) is 0. The van der Waals surface area contributed by atoms with Gasteiger partial charge in [0.25, 0.3) is 0 Å². The monoisotopic (exact) mass is 525 g/mol. The highest BCUT2D eigenvalue weighted by molar-refractivity contribution is 5.73. The molecule has 1 atom stereocenters. The van der Waals surface area contributed by atoms with Crippen molar-refractivity contribution < 1.29 is 0 Å². The second-order valence-electron chi connectivity index (χ2n) is 12.8. The SMILES string of the molecule is CCCCCCC(C)(CC)N(c1ccc(-c2ccc(C(C)(C)CCCCC)cc2)cc1)c1ccc(C)cc1C. The summed E-state index contributed by atoms with van der Waals surface area (Å²) >= 11 is 0. The first kappa shape index (κ1) is 31.0. The van der Waals surface area contributed by atoms with Gasteiger partial charge in [-0.25, -0.2) is 0 Å². The van der Waals surface area contributed by atoms with Crippen molar-refractivity contribution in [3.8, 4) is 11.1 Å². The number of hydrogen-bond donors (Lipinski definition) is 0. The van der Waals surface area contributed by atoms with Crippen molar-refractivity contribution in [1.29, 1.82) is 0 Å². The molecule has 0 bridgehead atoms. The molecule has 0 heterocycles. The summed E-state index contributed by atoms with van der Waals surface area (Å²) in [7, 11) is 0. The fourth-order valence-corrected chi connectivity index (χ4v) is 6.06. The van der Waals surface area contributed by atoms with E-state index in [-0.39, 0.29) is 11.0 Å². The lowest BCUT2D eigenvalue weighted by Gasteiger charge is -2.44. The lowest BCUT2D eigenvalue weighted by molar-refractivity contribution is 0.389. The van der Waals surface area contributed by atoms with E-state index in [1.54, 1.807) is 0 Å². The molecule has 3 aromatic carbocycles. The fourth-order valence-electron chi connectivity index (χ4n) is 6.06. The normalized spacial score (nSPS) is 13.3. The third kappa shape index (κ3) is 8.00. The van der Waals surface area contributed by atoms with E-state index >= 15 is 0 Å². The summed E-state index contributed by atoms with van der Waals surface area (Å²) in [4.78, 5) is 2.64. The molecule has 3 aromatic rings. The first-order chi connectivity index (χ1) is 18.6. The molecule has 0 radical (unpaired) electrons. The zero-order valence-corrected chi connectivity index (χ0v) is 26.4. The minimum absolute atomic E-state index is 0.0697. The van der Waals surface area contributed by atoms with Gasteiger partial charge in [-0.05, 0) is 85.9 Å². The predicted molar refractivity (Wildman–Crippen MR) is 175 cm³/mol. The smallest absolute Gasteiger partial charge is 0.0445 e. The van der Waals surface area contributed by atoms with Crippen LogP contribution in [0.2, 0.25) is 0 Å². The van der Waals surface area contributed by atoms with E-state index in [0.29, 0.717) is 0 Å². The maximum Gasteiger partial charge on any atom is 0.0445 e. The van der Waals surface area contributed by atoms with Gasteiger partial charge in [0.2, 0.25) is 0 Å². The molecule has 1 unspecified atom stereocenters. The molecule has 0 aliphatic heterocycles. The average molecular weight is 526 g/mol. The Hall–Kier alpha value is -2.54. The third-order valence-electron chi connectivity index (χ3n) is 8.99. The van der Waals surface area contributed by atoms with Crippen molar-refractivity contribution in [2.24, 2.45) is 0 Å². The zero-order chi connectivity index (χ0) is 28.5. The molecule has 0 fully saturated rings. The topological polar surface area (TPSA) is 3.24 Å². The lowest BCUT2D eigenvalue weighted by atomic mass is 9.79. The molecule has 1 nitrogen and oxygen atoms in total. The van der Waals surface area contributed by atoms with Gasteiger partial charge in [0.1, 0.15) is 0 Å². The van der Waals surface area contributed by atoms with Gasteiger partial charge < -0.3 is 4.90 Å². The van der Waals surface area contributed by atoms with Gasteiger partial charge in [-0.3, -0.25) is 0 Å². The first-order valence-corrected chi connectivity index (χ1v) is 15.7. The van der Waals surface area contributed by atoms with E-state index in [1.807, 2.05) is 0 Å². The molecule has 39 heavy (non-hydrogen) atoms. The minimum atomic E-state index is 0.0697. The maximum absolute atomic E-state index is 2.64. The van der Waals surface area contributed by atoms with Crippen LogP contribution in [0.25, 0.3) is 11.1 Å². The number of hydrogen-bond acceptors (Lipinski definition) is 1. The van der Waals surface area contributed by atoms with Gasteiger partial charge in [-0.2, -0.15) is 0 Å². The summed E-state index contributed by atoms with van der Waals surface area (Å²) in [6, 6.07) is 25.6. The summed E-state index contributed by atoms with van der Waals surface area (Å²) in [6.07, 6.45) is 12.7. The quantitative estimate of drug-likeness (QED) is 0.178. The van der Waals surface area contributed by atoms with E-state index < -0.39 is 0 Å². The Labute approximate surface area is 241 Å². The average Bonchev–Trinajstić information content (AvgIpc) is 2.93. The zero-order valence-electron chi connectivity index (χ0n) is 26.4. The summed E-state index contributed by atoms with van der Waals surface area (Å²) in [5.41, 5.74) is 9.63. The Kier molecular flexibility index (Phi) is 11.3. The Morgan fingerprint density at radius 1 is 0.615 bits per heavy atom. The number of nitrogens with zero attached hydrogens (tertiary/aromatic N) is 1. The minimum Gasteiger partial charge on any atom is -0.335 e. The van der Waals surface area contributed by atoms with Crippen LogP contribution >= 0.6 is 0 Å². The Bertz CT molecular complexity index is 1140. The van der Waals surface area contributed by atoms with Gasteiger partial charge in [0.05, 0.1) is 0 Å². The summed E-state index contributed by atoms with van der Waals surface area (Å²) < 4.78 is 0. The third-order valence-corrected chi connectivity index (χ3v) is 8.99. The first-order valence-electron chi connectivity index (χ1n) is 15.7. The van der Waals surface area contributed by atoms with Crippen LogP contribution in [-0.2, 0) is 5.41 Å². The fraction of sp³-hybridized carbons (Fsp3) is 0.526. The molecule has 0 aliphatic rings. The molecule has 0 saturated heterocycles. The maximum atomic E-state index is 2.64. The second kappa shape index (κ2) is 14.2. The van der Waals surface area contributed by atoms with Crippen LogP contribution < -0.4 is 4.90 Å². The highest BCUT2D eigenvalue weighted by Crippen LogP contribution is 2.41. The van der Waals surface area contributed by atoms with Crippen LogP contribution in [0.4, 0.5) is 11.4 Å². The number of rotatable bonds is 15. The van der Waals surface area contributed by atoms with Crippen molar-refractivity contribution >= 4 is 11.4 Å². The molecule has 1 heteroatoms. The number of benzene rings is 3. The molecular weight excluding hydrogens is 470 g/mol. The molecule has 0 amide bonds. The largest absolute Gasteiger partial charge is 0.335 e. The Morgan fingerprint density at radius 3 is 1.74 bits per heavy atom. The Balaban J connectivity index is 1.91. The number of unbranched alkanes of at least 4 members (excludes halogenated alkanes) is 5. The van der Waals surface area contributed by atoms with Crippen molar-refractivity contribution in [2.45, 2.75) is 131 Å². The van der Waals surface area contributed by atoms with E-state index in [9.17, 15) is 0 Å². The van der Waals surface area contributed by atoms with Gasteiger partial charge >= 0.3 is 0 Å². The molecule has 0 saturated carbocycles. The molecule has 3 rings (SSSR count). The molecule has 0 spiro atoms. The standard InChI is InChI=1S/C38H55N/c1-9-12-14-16-28-38(8,11-3)39(36-26-17-30(4)29-31(36)5)35-24-20-33(21-25-35)32-18-22-34(23-19-32)37(6,7)27-15-13-10-2/h17-26,29H,9-16,27-28H2,1-8H3. The lowest BCUT2D eigenvalue weighted by Crippen LogP contribution is -2.43. The van der Waals surface area contributed by atoms with E-state index in [1.165, 1.54) is 97.0 Å². The molecule has 0 aliphatic carbocycles. The summed E-state index contributed by atoms with van der Waals surface area (Å²) in [6.45, 7) is 18.6. The van der Waals surface area contributed by atoms with E-state index in [2.05, 4.69) is 127 Å². The molecular formula is C38H55N. The van der Waals surface area contributed by atoms with E-state index in [0.717, 1.165) is 6.42 Å². The van der Waals surface area contributed by atoms with Gasteiger partial charge in [0, 0.05) is 16.9 Å². The van der Waals surface area contributed by atoms with Crippen molar-refractivity contribution in [1.82, 2.24) is 0 Å². The van der Waals surface area contributed by atoms with Crippen molar-refractivity contribution in [3.63, 3.8) is 0 Å². The van der Waals surface area contributed by atoms with Gasteiger partial charge in [-0.15, -0.1) is 0 Å². The molecule has 0 aromatic heterocycles. The predicted octanol–water partition coefficient (Wildman–Crippen LogP) is 12.1. The second-order valence-corrected chi connectivity index (χ2v) is 12.8. The van der Waals surface area contributed by atoms with Crippen LogP contribution in [0.1, 0.15) is 122 Å². The molecule has 212 valence electrons. The van der Waals surface area contributed by atoms with E-state index in [4.69, 9.17) is 0 Å². The Morgan fingerprint density at radius 2 is 1.18 bits per heavy atom. The number of aryl methyl sites for hydroxylation is 2. The van der Waals surface area contributed by atoms with Crippen molar-refractivity contribution in [2.75, 3.05) is 4.90 Å². The van der Waals surface area contributed by atoms with Crippen LogP contribution in [0.15, 0.2) is 66.7 Å². The highest BCUT2D eigenvalue weighted by atomic mass is 15.2. The van der Waals surface area contributed by atoms with Crippen LogP contribution in [0.3, 0.4) is 0 Å². The van der Waals surface area contributed by atoms with Gasteiger partial charge in [-0.1, -0.05) is 134 Å². The number of anilines is 2. The summed E-state index contributed by atoms with van der Waals surface area (Å²) in [5.74, 6) is 0. The van der Waals surface area contributed by atoms with Crippen LogP contribution in [-0.4, -0.2) is 5.54 Å². The van der Waals surface area contributed by atoms with Crippen LogP contribution in [0, 0.1) is 13.8 Å².